The molecule has 0 aliphatic heterocycles. The standard InChI is InChI=1S/C9H9F3N2O2/c1-6(15)16-8-3-2-7(4-13-8)14-5-9(10,11)12/h2-4,14H,5H2,1H3. The second kappa shape index (κ2) is 4.82. The van der Waals surface area contributed by atoms with Crippen molar-refractivity contribution in [3.8, 4) is 5.88 Å². The van der Waals surface area contributed by atoms with Crippen molar-refractivity contribution in [1.29, 1.82) is 0 Å². The molecule has 0 spiro atoms. The Labute approximate surface area is 89.4 Å². The van der Waals surface area contributed by atoms with Gasteiger partial charge in [0.2, 0.25) is 5.88 Å². The molecule has 1 heterocycles. The zero-order valence-corrected chi connectivity index (χ0v) is 8.34. The summed E-state index contributed by atoms with van der Waals surface area (Å²) >= 11 is 0. The van der Waals surface area contributed by atoms with Crippen molar-refractivity contribution >= 4 is 11.7 Å². The summed E-state index contributed by atoms with van der Waals surface area (Å²) in [5.41, 5.74) is 0.202. The molecule has 0 aliphatic rings. The van der Waals surface area contributed by atoms with Gasteiger partial charge in [-0.1, -0.05) is 0 Å². The van der Waals surface area contributed by atoms with Crippen LogP contribution in [0.1, 0.15) is 6.92 Å². The fourth-order valence-corrected chi connectivity index (χ4v) is 0.895. The van der Waals surface area contributed by atoms with Gasteiger partial charge >= 0.3 is 12.1 Å². The van der Waals surface area contributed by atoms with Crippen molar-refractivity contribution in [2.24, 2.45) is 0 Å². The van der Waals surface area contributed by atoms with Crippen LogP contribution in [0, 0.1) is 0 Å². The monoisotopic (exact) mass is 234 g/mol. The molecule has 0 fully saturated rings. The number of pyridine rings is 1. The molecule has 1 aromatic heterocycles. The summed E-state index contributed by atoms with van der Waals surface area (Å²) in [6, 6.07) is 2.65. The van der Waals surface area contributed by atoms with Gasteiger partial charge in [-0.05, 0) is 6.07 Å². The van der Waals surface area contributed by atoms with Gasteiger partial charge in [-0.2, -0.15) is 13.2 Å². The third-order valence-corrected chi connectivity index (χ3v) is 1.48. The number of hydrogen-bond donors (Lipinski definition) is 1. The Kier molecular flexibility index (Phi) is 3.70. The van der Waals surface area contributed by atoms with Crippen molar-refractivity contribution in [3.63, 3.8) is 0 Å². The van der Waals surface area contributed by atoms with Gasteiger partial charge in [-0.3, -0.25) is 4.79 Å². The predicted octanol–water partition coefficient (Wildman–Crippen LogP) is 1.98. The maximum atomic E-state index is 11.8. The third-order valence-electron chi connectivity index (χ3n) is 1.48. The molecule has 16 heavy (non-hydrogen) atoms. The lowest BCUT2D eigenvalue weighted by Crippen LogP contribution is -2.21. The lowest BCUT2D eigenvalue weighted by molar-refractivity contribution is -0.132. The lowest BCUT2D eigenvalue weighted by Gasteiger charge is -2.09. The Morgan fingerprint density at radius 2 is 2.19 bits per heavy atom. The topological polar surface area (TPSA) is 51.2 Å². The first kappa shape index (κ1) is 12.3. The first-order chi connectivity index (χ1) is 7.37. The molecule has 0 aliphatic carbocycles. The lowest BCUT2D eigenvalue weighted by atomic mass is 10.4. The number of ether oxygens (including phenoxy) is 1. The fraction of sp³-hybridized carbons (Fsp3) is 0.333. The molecule has 0 saturated carbocycles. The van der Waals surface area contributed by atoms with Gasteiger partial charge in [-0.25, -0.2) is 4.98 Å². The Morgan fingerprint density at radius 3 is 2.62 bits per heavy atom. The van der Waals surface area contributed by atoms with Crippen LogP contribution < -0.4 is 10.1 Å². The highest BCUT2D eigenvalue weighted by molar-refractivity contribution is 5.68. The second-order valence-corrected chi connectivity index (χ2v) is 2.95. The number of carbonyl (C=O) groups is 1. The highest BCUT2D eigenvalue weighted by Crippen LogP contribution is 2.17. The van der Waals surface area contributed by atoms with Gasteiger partial charge < -0.3 is 10.1 Å². The third kappa shape index (κ3) is 4.63. The largest absolute Gasteiger partial charge is 0.408 e. The van der Waals surface area contributed by atoms with Crippen LogP contribution >= 0.6 is 0 Å². The quantitative estimate of drug-likeness (QED) is 0.812. The number of alkyl halides is 3. The van der Waals surface area contributed by atoms with E-state index in [0.717, 1.165) is 6.20 Å². The molecule has 88 valence electrons. The van der Waals surface area contributed by atoms with Gasteiger partial charge in [0.25, 0.3) is 0 Å². The number of aromatic nitrogens is 1. The van der Waals surface area contributed by atoms with Gasteiger partial charge in [0.05, 0.1) is 11.9 Å². The molecule has 0 saturated heterocycles. The maximum absolute atomic E-state index is 11.8. The van der Waals surface area contributed by atoms with Crippen LogP contribution in [0.25, 0.3) is 0 Å². The van der Waals surface area contributed by atoms with Crippen LogP contribution in [0.5, 0.6) is 5.88 Å². The number of rotatable bonds is 3. The maximum Gasteiger partial charge on any atom is 0.405 e. The molecule has 4 nitrogen and oxygen atoms in total. The number of anilines is 1. The van der Waals surface area contributed by atoms with Crippen molar-refractivity contribution in [2.45, 2.75) is 13.1 Å². The molecule has 1 rings (SSSR count). The van der Waals surface area contributed by atoms with E-state index in [2.05, 4.69) is 15.0 Å². The van der Waals surface area contributed by atoms with Crippen LogP contribution in [-0.2, 0) is 4.79 Å². The molecule has 0 unspecified atom stereocenters. The summed E-state index contributed by atoms with van der Waals surface area (Å²) in [4.78, 5) is 14.2. The van der Waals surface area contributed by atoms with Crippen LogP contribution in [0.2, 0.25) is 0 Å². The Morgan fingerprint density at radius 1 is 1.50 bits per heavy atom. The van der Waals surface area contributed by atoms with E-state index in [4.69, 9.17) is 0 Å². The summed E-state index contributed by atoms with van der Waals surface area (Å²) in [5, 5.41) is 2.14. The average Bonchev–Trinajstić information content (AvgIpc) is 2.14. The molecule has 7 heteroatoms. The molecular formula is C9H9F3N2O2. The van der Waals surface area contributed by atoms with Crippen LogP contribution in [0.15, 0.2) is 18.3 Å². The molecular weight excluding hydrogens is 225 g/mol. The predicted molar refractivity (Wildman–Crippen MR) is 50.1 cm³/mol. The van der Waals surface area contributed by atoms with E-state index in [0.29, 0.717) is 0 Å². The summed E-state index contributed by atoms with van der Waals surface area (Å²) in [5.74, 6) is -0.492. The van der Waals surface area contributed by atoms with Gasteiger partial charge in [0.1, 0.15) is 6.54 Å². The fourth-order valence-electron chi connectivity index (χ4n) is 0.895. The number of halogens is 3. The average molecular weight is 234 g/mol. The van der Waals surface area contributed by atoms with Crippen molar-refractivity contribution in [2.75, 3.05) is 11.9 Å². The van der Waals surface area contributed by atoms with Crippen LogP contribution in [0.4, 0.5) is 18.9 Å². The number of carbonyl (C=O) groups excluding carboxylic acids is 1. The van der Waals surface area contributed by atoms with Gasteiger partial charge in [-0.15, -0.1) is 0 Å². The van der Waals surface area contributed by atoms with Crippen molar-refractivity contribution in [3.05, 3.63) is 18.3 Å². The van der Waals surface area contributed by atoms with Gasteiger partial charge in [0, 0.05) is 13.0 Å². The van der Waals surface area contributed by atoms with Crippen molar-refractivity contribution in [1.82, 2.24) is 4.98 Å². The number of esters is 1. The molecule has 0 radical (unpaired) electrons. The molecule has 0 aromatic carbocycles. The van der Waals surface area contributed by atoms with E-state index < -0.39 is 18.7 Å². The van der Waals surface area contributed by atoms with E-state index in [9.17, 15) is 18.0 Å². The normalized spacial score (nSPS) is 11.0. The van der Waals surface area contributed by atoms with Crippen LogP contribution in [-0.4, -0.2) is 23.7 Å². The van der Waals surface area contributed by atoms with E-state index in [1.54, 1.807) is 0 Å². The summed E-state index contributed by atoms with van der Waals surface area (Å²) in [6.45, 7) is 0.0685. The molecule has 1 aromatic rings. The van der Waals surface area contributed by atoms with E-state index >= 15 is 0 Å². The Balaban J connectivity index is 2.55. The first-order valence-electron chi connectivity index (χ1n) is 4.32. The minimum Gasteiger partial charge on any atom is -0.408 e. The highest BCUT2D eigenvalue weighted by atomic mass is 19.4. The van der Waals surface area contributed by atoms with E-state index in [-0.39, 0.29) is 11.6 Å². The minimum atomic E-state index is -4.28. The number of nitrogens with one attached hydrogen (secondary N) is 1. The molecule has 0 bridgehead atoms. The SMILES string of the molecule is CC(=O)Oc1ccc(NCC(F)(F)F)cn1. The van der Waals surface area contributed by atoms with Crippen LogP contribution in [0.3, 0.4) is 0 Å². The highest BCUT2D eigenvalue weighted by Gasteiger charge is 2.26. The zero-order chi connectivity index (χ0) is 12.2. The number of nitrogens with zero attached hydrogens (tertiary/aromatic N) is 1. The molecule has 0 atom stereocenters. The second-order valence-electron chi connectivity index (χ2n) is 2.95. The molecule has 1 N–H and O–H groups in total. The van der Waals surface area contributed by atoms with E-state index in [1.807, 2.05) is 0 Å². The minimum absolute atomic E-state index is 0.0464. The first-order valence-corrected chi connectivity index (χ1v) is 4.32. The Bertz CT molecular complexity index is 362. The van der Waals surface area contributed by atoms with E-state index in [1.165, 1.54) is 19.1 Å². The zero-order valence-electron chi connectivity index (χ0n) is 8.34. The smallest absolute Gasteiger partial charge is 0.405 e. The number of hydrogen-bond acceptors (Lipinski definition) is 4. The Hall–Kier alpha value is -1.79. The molecule has 0 amide bonds. The summed E-state index contributed by atoms with van der Waals surface area (Å²) in [6.07, 6.45) is -3.13. The van der Waals surface area contributed by atoms with Crippen molar-refractivity contribution < 1.29 is 22.7 Å². The summed E-state index contributed by atoms with van der Waals surface area (Å²) < 4.78 is 40.1. The summed E-state index contributed by atoms with van der Waals surface area (Å²) in [7, 11) is 0. The van der Waals surface area contributed by atoms with Gasteiger partial charge in [0.15, 0.2) is 0 Å².